The Morgan fingerprint density at radius 3 is 3.00 bits per heavy atom. The summed E-state index contributed by atoms with van der Waals surface area (Å²) in [7, 11) is 0. The molecule has 1 fully saturated rings. The Kier molecular flexibility index (Phi) is 4.16. The number of hydrogen-bond donors (Lipinski definition) is 1. The monoisotopic (exact) mass is 289 g/mol. The van der Waals surface area contributed by atoms with Crippen molar-refractivity contribution >= 4 is 17.2 Å². The Morgan fingerprint density at radius 1 is 1.40 bits per heavy atom. The highest BCUT2D eigenvalue weighted by atomic mass is 32.1. The van der Waals surface area contributed by atoms with E-state index >= 15 is 0 Å². The summed E-state index contributed by atoms with van der Waals surface area (Å²) in [6.45, 7) is 1.38. The molecule has 5 heteroatoms. The third kappa shape index (κ3) is 3.10. The second-order valence-electron chi connectivity index (χ2n) is 5.25. The van der Waals surface area contributed by atoms with Gasteiger partial charge in [0.15, 0.2) is 0 Å². The molecule has 0 aliphatic heterocycles. The lowest BCUT2D eigenvalue weighted by Crippen LogP contribution is -2.32. The van der Waals surface area contributed by atoms with E-state index in [2.05, 4.69) is 27.2 Å². The fourth-order valence-corrected chi connectivity index (χ4v) is 3.33. The number of carbonyl (C=O) groups excluding carboxylic acids is 1. The first kappa shape index (κ1) is 13.4. The van der Waals surface area contributed by atoms with Crippen LogP contribution in [0.4, 0.5) is 0 Å². The van der Waals surface area contributed by atoms with Crippen molar-refractivity contribution in [3.63, 3.8) is 0 Å². The Bertz CT molecular complexity index is 555. The maximum atomic E-state index is 11.9. The van der Waals surface area contributed by atoms with E-state index in [9.17, 15) is 4.79 Å². The van der Waals surface area contributed by atoms with Gasteiger partial charge in [-0.25, -0.2) is 0 Å². The molecule has 1 aliphatic carbocycles. The average Bonchev–Trinajstić information content (AvgIpc) is 3.20. The lowest BCUT2D eigenvalue weighted by molar-refractivity contribution is -0.124. The fourth-order valence-electron chi connectivity index (χ4n) is 2.68. The molecule has 2 heterocycles. The average molecular weight is 289 g/mol. The SMILES string of the molecule is O=C(NCCn1ccc(-c2ccsc2)n1)C1CCCC1. The van der Waals surface area contributed by atoms with E-state index in [-0.39, 0.29) is 11.8 Å². The van der Waals surface area contributed by atoms with Crippen LogP contribution >= 0.6 is 11.3 Å². The van der Waals surface area contributed by atoms with Crippen LogP contribution < -0.4 is 5.32 Å². The number of nitrogens with zero attached hydrogens (tertiary/aromatic N) is 2. The summed E-state index contributed by atoms with van der Waals surface area (Å²) in [4.78, 5) is 11.9. The summed E-state index contributed by atoms with van der Waals surface area (Å²) < 4.78 is 1.89. The fraction of sp³-hybridized carbons (Fsp3) is 0.467. The first-order valence-corrected chi connectivity index (χ1v) is 8.11. The topological polar surface area (TPSA) is 46.9 Å². The minimum Gasteiger partial charge on any atom is -0.354 e. The standard InChI is InChI=1S/C15H19N3OS/c19-15(12-3-1-2-4-12)16-7-9-18-8-5-14(17-18)13-6-10-20-11-13/h5-6,8,10-12H,1-4,7,9H2,(H,16,19). The summed E-state index contributed by atoms with van der Waals surface area (Å²) >= 11 is 1.67. The molecule has 0 aromatic carbocycles. The molecule has 1 N–H and O–H groups in total. The molecule has 1 saturated carbocycles. The van der Waals surface area contributed by atoms with Gasteiger partial charge in [-0.15, -0.1) is 0 Å². The van der Waals surface area contributed by atoms with E-state index in [1.807, 2.05) is 16.9 Å². The molecule has 106 valence electrons. The van der Waals surface area contributed by atoms with Crippen molar-refractivity contribution in [3.8, 4) is 11.3 Å². The molecular weight excluding hydrogens is 270 g/mol. The zero-order chi connectivity index (χ0) is 13.8. The van der Waals surface area contributed by atoms with Crippen LogP contribution in [0.3, 0.4) is 0 Å². The van der Waals surface area contributed by atoms with E-state index in [0.29, 0.717) is 6.54 Å². The van der Waals surface area contributed by atoms with Gasteiger partial charge >= 0.3 is 0 Å². The summed E-state index contributed by atoms with van der Waals surface area (Å²) in [5.74, 6) is 0.460. The van der Waals surface area contributed by atoms with Crippen LogP contribution in [0.5, 0.6) is 0 Å². The van der Waals surface area contributed by atoms with Crippen LogP contribution in [0.25, 0.3) is 11.3 Å². The van der Waals surface area contributed by atoms with Gasteiger partial charge in [-0.3, -0.25) is 9.48 Å². The van der Waals surface area contributed by atoms with Crippen LogP contribution in [0.1, 0.15) is 25.7 Å². The van der Waals surface area contributed by atoms with Gasteiger partial charge in [0.05, 0.1) is 12.2 Å². The van der Waals surface area contributed by atoms with Gasteiger partial charge in [0.2, 0.25) is 5.91 Å². The molecule has 0 atom stereocenters. The summed E-state index contributed by atoms with van der Waals surface area (Å²) in [5, 5.41) is 11.7. The van der Waals surface area contributed by atoms with Crippen molar-refractivity contribution in [2.45, 2.75) is 32.2 Å². The Morgan fingerprint density at radius 2 is 2.25 bits per heavy atom. The third-order valence-electron chi connectivity index (χ3n) is 3.82. The second-order valence-corrected chi connectivity index (χ2v) is 6.03. The quantitative estimate of drug-likeness (QED) is 0.920. The molecule has 0 radical (unpaired) electrons. The maximum Gasteiger partial charge on any atom is 0.223 e. The molecule has 1 amide bonds. The van der Waals surface area contributed by atoms with E-state index in [1.165, 1.54) is 12.8 Å². The highest BCUT2D eigenvalue weighted by Crippen LogP contribution is 2.24. The Hall–Kier alpha value is -1.62. The second kappa shape index (κ2) is 6.22. The maximum absolute atomic E-state index is 11.9. The first-order valence-electron chi connectivity index (χ1n) is 7.16. The molecule has 0 bridgehead atoms. The third-order valence-corrected chi connectivity index (χ3v) is 4.51. The summed E-state index contributed by atoms with van der Waals surface area (Å²) in [6.07, 6.45) is 6.46. The minimum absolute atomic E-state index is 0.215. The number of amides is 1. The van der Waals surface area contributed by atoms with Gasteiger partial charge in [-0.2, -0.15) is 16.4 Å². The van der Waals surface area contributed by atoms with Crippen molar-refractivity contribution < 1.29 is 4.79 Å². The molecular formula is C15H19N3OS. The predicted octanol–water partition coefficient (Wildman–Crippen LogP) is 2.92. The molecule has 4 nitrogen and oxygen atoms in total. The van der Waals surface area contributed by atoms with Gasteiger partial charge in [-0.05, 0) is 30.4 Å². The zero-order valence-corrected chi connectivity index (χ0v) is 12.2. The summed E-state index contributed by atoms with van der Waals surface area (Å²) in [5.41, 5.74) is 2.15. The number of hydrogen-bond acceptors (Lipinski definition) is 3. The van der Waals surface area contributed by atoms with E-state index in [1.54, 1.807) is 11.3 Å². The smallest absolute Gasteiger partial charge is 0.223 e. The highest BCUT2D eigenvalue weighted by molar-refractivity contribution is 7.08. The van der Waals surface area contributed by atoms with E-state index in [4.69, 9.17) is 0 Å². The lowest BCUT2D eigenvalue weighted by atomic mass is 10.1. The molecule has 0 unspecified atom stereocenters. The van der Waals surface area contributed by atoms with Crippen LogP contribution in [0, 0.1) is 5.92 Å². The Balaban J connectivity index is 1.48. The molecule has 2 aromatic heterocycles. The number of rotatable bonds is 5. The zero-order valence-electron chi connectivity index (χ0n) is 11.4. The van der Waals surface area contributed by atoms with Gasteiger partial charge in [0.25, 0.3) is 0 Å². The van der Waals surface area contributed by atoms with Crippen molar-refractivity contribution in [2.24, 2.45) is 5.92 Å². The van der Waals surface area contributed by atoms with Gasteiger partial charge < -0.3 is 5.32 Å². The van der Waals surface area contributed by atoms with Crippen LogP contribution in [-0.4, -0.2) is 22.2 Å². The van der Waals surface area contributed by atoms with Crippen molar-refractivity contribution in [3.05, 3.63) is 29.1 Å². The molecule has 1 aliphatic rings. The molecule has 20 heavy (non-hydrogen) atoms. The minimum atomic E-state index is 0.215. The molecule has 0 saturated heterocycles. The molecule has 3 rings (SSSR count). The lowest BCUT2D eigenvalue weighted by Gasteiger charge is -2.10. The first-order chi connectivity index (χ1) is 9.83. The number of nitrogens with one attached hydrogen (secondary N) is 1. The van der Waals surface area contributed by atoms with E-state index in [0.717, 1.165) is 30.6 Å². The van der Waals surface area contributed by atoms with Crippen LogP contribution in [0.2, 0.25) is 0 Å². The van der Waals surface area contributed by atoms with Crippen molar-refractivity contribution in [1.82, 2.24) is 15.1 Å². The van der Waals surface area contributed by atoms with E-state index < -0.39 is 0 Å². The van der Waals surface area contributed by atoms with Gasteiger partial charge in [0, 0.05) is 29.6 Å². The van der Waals surface area contributed by atoms with Gasteiger partial charge in [0.1, 0.15) is 0 Å². The number of aromatic nitrogens is 2. The van der Waals surface area contributed by atoms with Crippen LogP contribution in [-0.2, 0) is 11.3 Å². The normalized spacial score (nSPS) is 15.6. The highest BCUT2D eigenvalue weighted by Gasteiger charge is 2.21. The van der Waals surface area contributed by atoms with Crippen LogP contribution in [0.15, 0.2) is 29.1 Å². The van der Waals surface area contributed by atoms with Crippen molar-refractivity contribution in [1.29, 1.82) is 0 Å². The molecule has 2 aromatic rings. The summed E-state index contributed by atoms with van der Waals surface area (Å²) in [6, 6.07) is 4.08. The molecule has 0 spiro atoms. The number of carbonyl (C=O) groups is 1. The van der Waals surface area contributed by atoms with Crippen molar-refractivity contribution in [2.75, 3.05) is 6.54 Å². The number of thiophene rings is 1. The van der Waals surface area contributed by atoms with Gasteiger partial charge in [-0.1, -0.05) is 12.8 Å². The predicted molar refractivity (Wildman–Crippen MR) is 80.5 cm³/mol. The Labute approximate surface area is 122 Å². The largest absolute Gasteiger partial charge is 0.354 e.